The van der Waals surface area contributed by atoms with Crippen molar-refractivity contribution in [2.75, 3.05) is 70.3 Å². The van der Waals surface area contributed by atoms with Crippen LogP contribution >= 0.6 is 0 Å². The molecule has 41 heavy (non-hydrogen) atoms. The van der Waals surface area contributed by atoms with E-state index in [4.69, 9.17) is 18.9 Å². The van der Waals surface area contributed by atoms with E-state index < -0.39 is 9.85 Å². The molecule has 0 radical (unpaired) electrons. The third-order valence-corrected chi connectivity index (χ3v) is 5.53. The molecule has 2 aromatic carbocycles. The molecule has 0 unspecified atom stereocenters. The Hall–Kier alpha value is -5.23. The first-order chi connectivity index (χ1) is 19.7. The minimum atomic E-state index is -0.623. The van der Waals surface area contributed by atoms with Crippen molar-refractivity contribution in [2.45, 2.75) is 0 Å². The normalized spacial score (nSPS) is 10.5. The molecule has 1 aromatic heterocycles. The fourth-order valence-corrected chi connectivity index (χ4v) is 3.66. The summed E-state index contributed by atoms with van der Waals surface area (Å²) in [6.07, 6.45) is 0. The molecule has 4 N–H and O–H groups in total. The predicted molar refractivity (Wildman–Crippen MR) is 145 cm³/mol. The minimum Gasteiger partial charge on any atom is -0.494 e. The Morgan fingerprint density at radius 1 is 0.707 bits per heavy atom. The minimum absolute atomic E-state index is 0.0359. The second-order valence-corrected chi connectivity index (χ2v) is 7.93. The van der Waals surface area contributed by atoms with Gasteiger partial charge in [0.15, 0.2) is 11.5 Å². The fraction of sp³-hybridized carbons (Fsp3) is 0.348. The number of benzene rings is 2. The molecule has 0 fully saturated rings. The van der Waals surface area contributed by atoms with E-state index in [2.05, 4.69) is 25.6 Å². The van der Waals surface area contributed by atoms with Gasteiger partial charge in [-0.1, -0.05) is 0 Å². The van der Waals surface area contributed by atoms with Gasteiger partial charge in [-0.2, -0.15) is 15.0 Å². The van der Waals surface area contributed by atoms with Crippen molar-refractivity contribution in [3.63, 3.8) is 0 Å². The summed E-state index contributed by atoms with van der Waals surface area (Å²) in [5.41, 5.74) is -0.234. The number of nitrogens with zero attached hydrogens (tertiary/aromatic N) is 6. The van der Waals surface area contributed by atoms with Crippen molar-refractivity contribution in [2.24, 2.45) is 0 Å². The fourth-order valence-electron chi connectivity index (χ4n) is 3.66. The van der Waals surface area contributed by atoms with Gasteiger partial charge in [-0.05, 0) is 0 Å². The first-order valence-corrected chi connectivity index (χ1v) is 11.8. The van der Waals surface area contributed by atoms with Crippen molar-refractivity contribution in [1.29, 1.82) is 0 Å². The van der Waals surface area contributed by atoms with Gasteiger partial charge < -0.3 is 44.7 Å². The zero-order chi connectivity index (χ0) is 30.1. The Kier molecular flexibility index (Phi) is 10.1. The van der Waals surface area contributed by atoms with Gasteiger partial charge in [0.05, 0.1) is 75.0 Å². The second-order valence-electron chi connectivity index (χ2n) is 7.93. The highest BCUT2D eigenvalue weighted by atomic mass is 16.6. The Morgan fingerprint density at radius 3 is 1.41 bits per heavy atom. The number of aromatic nitrogens is 3. The summed E-state index contributed by atoms with van der Waals surface area (Å²) in [6.45, 7) is -0.435. The zero-order valence-electron chi connectivity index (χ0n) is 22.5. The van der Waals surface area contributed by atoms with E-state index in [1.54, 1.807) is 0 Å². The largest absolute Gasteiger partial charge is 0.494 e. The van der Waals surface area contributed by atoms with E-state index in [1.165, 1.54) is 57.6 Å². The number of aliphatic hydroxyl groups is 2. The van der Waals surface area contributed by atoms with Crippen molar-refractivity contribution in [3.05, 3.63) is 44.5 Å². The number of ether oxygens (including phenoxy) is 4. The van der Waals surface area contributed by atoms with Crippen LogP contribution in [0.25, 0.3) is 0 Å². The van der Waals surface area contributed by atoms with Gasteiger partial charge in [0, 0.05) is 25.2 Å². The molecule has 0 saturated carbocycles. The standard InChI is InChI=1S/C23H28N8O10/c1-38-17-11-15(30(34)35)19(40-3)9-13(17)24-21-26-22(28-23(27-21)29(5-7-32)6-8-33)25-14-10-20(41-4)16(31(36)37)12-18(14)39-2/h9-12,32-33H,5-8H2,1-4H3,(H2,24,25,26,27,28). The molecule has 18 heteroatoms. The number of hydrogen-bond acceptors (Lipinski definition) is 16. The molecular weight excluding hydrogens is 548 g/mol. The number of anilines is 5. The molecule has 0 aliphatic heterocycles. The van der Waals surface area contributed by atoms with Crippen molar-refractivity contribution >= 4 is 40.6 Å². The quantitative estimate of drug-likeness (QED) is 0.150. The molecule has 0 saturated heterocycles. The first kappa shape index (κ1) is 30.3. The van der Waals surface area contributed by atoms with Gasteiger partial charge in [-0.3, -0.25) is 20.2 Å². The molecule has 3 aromatic rings. The molecule has 0 atom stereocenters. The highest BCUT2D eigenvalue weighted by Crippen LogP contribution is 2.40. The van der Waals surface area contributed by atoms with Crippen LogP contribution in [0.4, 0.5) is 40.6 Å². The summed E-state index contributed by atoms with van der Waals surface area (Å²) in [5.74, 6) is -0.0575. The van der Waals surface area contributed by atoms with Gasteiger partial charge in [0.1, 0.15) is 11.5 Å². The molecule has 0 aliphatic carbocycles. The molecule has 0 amide bonds. The maximum Gasteiger partial charge on any atom is 0.314 e. The van der Waals surface area contributed by atoms with Crippen LogP contribution in [-0.4, -0.2) is 89.8 Å². The molecule has 0 bridgehead atoms. The number of nitro groups is 2. The number of nitro benzene ring substituents is 2. The van der Waals surface area contributed by atoms with E-state index in [0.29, 0.717) is 0 Å². The van der Waals surface area contributed by atoms with Crippen molar-refractivity contribution in [3.8, 4) is 23.0 Å². The number of nitrogens with one attached hydrogen (secondary N) is 2. The van der Waals surface area contributed by atoms with E-state index in [-0.39, 0.29) is 89.9 Å². The van der Waals surface area contributed by atoms with Crippen LogP contribution in [0.15, 0.2) is 24.3 Å². The smallest absolute Gasteiger partial charge is 0.314 e. The third-order valence-electron chi connectivity index (χ3n) is 5.53. The topological polar surface area (TPSA) is 230 Å². The average molecular weight is 577 g/mol. The summed E-state index contributed by atoms with van der Waals surface area (Å²) in [7, 11) is 5.19. The Balaban J connectivity index is 2.15. The lowest BCUT2D eigenvalue weighted by atomic mass is 10.2. The summed E-state index contributed by atoms with van der Waals surface area (Å²) in [6, 6.07) is 4.99. The number of methoxy groups -OCH3 is 4. The van der Waals surface area contributed by atoms with Gasteiger partial charge in [0.2, 0.25) is 17.8 Å². The average Bonchev–Trinajstić information content (AvgIpc) is 2.96. The summed E-state index contributed by atoms with van der Waals surface area (Å²) < 4.78 is 20.9. The van der Waals surface area contributed by atoms with Gasteiger partial charge in [0.25, 0.3) is 0 Å². The van der Waals surface area contributed by atoms with Gasteiger partial charge in [-0.15, -0.1) is 0 Å². The van der Waals surface area contributed by atoms with Gasteiger partial charge >= 0.3 is 11.4 Å². The van der Waals surface area contributed by atoms with Crippen LogP contribution in [0, 0.1) is 20.2 Å². The van der Waals surface area contributed by atoms with Crippen molar-refractivity contribution in [1.82, 2.24) is 15.0 Å². The van der Waals surface area contributed by atoms with E-state index in [9.17, 15) is 30.4 Å². The summed E-state index contributed by atoms with van der Waals surface area (Å²) in [5, 5.41) is 47.8. The highest BCUT2D eigenvalue weighted by Gasteiger charge is 2.23. The van der Waals surface area contributed by atoms with Crippen LogP contribution in [0.2, 0.25) is 0 Å². The van der Waals surface area contributed by atoms with E-state index in [1.807, 2.05) is 0 Å². The van der Waals surface area contributed by atoms with E-state index in [0.717, 1.165) is 0 Å². The molecular formula is C23H28N8O10. The van der Waals surface area contributed by atoms with Crippen LogP contribution < -0.4 is 34.5 Å². The maximum atomic E-state index is 11.4. The summed E-state index contributed by atoms with van der Waals surface area (Å²) >= 11 is 0. The van der Waals surface area contributed by atoms with Crippen molar-refractivity contribution < 1.29 is 39.0 Å². The molecule has 3 rings (SSSR count). The molecule has 1 heterocycles. The number of hydrogen-bond donors (Lipinski definition) is 4. The lowest BCUT2D eigenvalue weighted by molar-refractivity contribution is -0.385. The van der Waals surface area contributed by atoms with Crippen LogP contribution in [-0.2, 0) is 0 Å². The van der Waals surface area contributed by atoms with Crippen LogP contribution in [0.1, 0.15) is 0 Å². The first-order valence-electron chi connectivity index (χ1n) is 11.8. The molecule has 0 aliphatic rings. The Morgan fingerprint density at radius 2 is 1.10 bits per heavy atom. The third kappa shape index (κ3) is 7.05. The lowest BCUT2D eigenvalue weighted by Crippen LogP contribution is -2.31. The molecule has 0 spiro atoms. The number of rotatable bonds is 15. The molecule has 18 nitrogen and oxygen atoms in total. The predicted octanol–water partition coefficient (Wildman–Crippen LogP) is 2.00. The highest BCUT2D eigenvalue weighted by molar-refractivity contribution is 5.73. The summed E-state index contributed by atoms with van der Waals surface area (Å²) in [4.78, 5) is 36.2. The van der Waals surface area contributed by atoms with Gasteiger partial charge in [-0.25, -0.2) is 0 Å². The zero-order valence-corrected chi connectivity index (χ0v) is 22.5. The second kappa shape index (κ2) is 13.7. The van der Waals surface area contributed by atoms with Crippen LogP contribution in [0.3, 0.4) is 0 Å². The Bertz CT molecular complexity index is 1310. The SMILES string of the molecule is COc1cc([N+](=O)[O-])c(OC)cc1Nc1nc(Nc2cc(OC)c([N+](=O)[O-])cc2OC)nc(N(CCO)CCO)n1. The van der Waals surface area contributed by atoms with Crippen LogP contribution in [0.5, 0.6) is 23.0 Å². The monoisotopic (exact) mass is 576 g/mol. The maximum absolute atomic E-state index is 11.4. The van der Waals surface area contributed by atoms with E-state index >= 15 is 0 Å². The Labute approximate surface area is 232 Å². The molecule has 220 valence electrons. The number of aliphatic hydroxyl groups excluding tert-OH is 2. The lowest BCUT2D eigenvalue weighted by Gasteiger charge is -2.22.